The Morgan fingerprint density at radius 2 is 1.85 bits per heavy atom. The highest BCUT2D eigenvalue weighted by molar-refractivity contribution is 5.66. The average molecular weight is 362 g/mol. The molecule has 1 saturated carbocycles. The summed E-state index contributed by atoms with van der Waals surface area (Å²) in [4.78, 5) is 4.46. The maximum atomic E-state index is 6.05. The lowest BCUT2D eigenvalue weighted by Gasteiger charge is -2.50. The van der Waals surface area contributed by atoms with Crippen LogP contribution in [0.15, 0.2) is 16.7 Å². The minimum absolute atomic E-state index is 0.0690. The molecule has 1 aromatic carbocycles. The van der Waals surface area contributed by atoms with Crippen molar-refractivity contribution in [2.24, 2.45) is 11.1 Å². The van der Waals surface area contributed by atoms with Crippen molar-refractivity contribution in [2.75, 3.05) is 21.3 Å². The smallest absolute Gasteiger partial charge is 0.240 e. The Bertz CT molecular complexity index is 749. The van der Waals surface area contributed by atoms with Crippen LogP contribution >= 0.6 is 0 Å². The van der Waals surface area contributed by atoms with Gasteiger partial charge in [0.15, 0.2) is 11.5 Å². The van der Waals surface area contributed by atoms with Gasteiger partial charge in [-0.25, -0.2) is 0 Å². The minimum Gasteiger partial charge on any atom is -0.493 e. The summed E-state index contributed by atoms with van der Waals surface area (Å²) >= 11 is 0. The van der Waals surface area contributed by atoms with Gasteiger partial charge in [0.05, 0.1) is 27.9 Å². The SMILES string of the molecule is COc1cc(-c2noc(CNC3CC(N)C3(C)C)n2)cc(OC)c1OC. The van der Waals surface area contributed by atoms with Gasteiger partial charge in [0.1, 0.15) is 0 Å². The van der Waals surface area contributed by atoms with E-state index in [2.05, 4.69) is 29.3 Å². The van der Waals surface area contributed by atoms with Crippen LogP contribution < -0.4 is 25.3 Å². The molecular weight excluding hydrogens is 336 g/mol. The van der Waals surface area contributed by atoms with Crippen LogP contribution in [0.3, 0.4) is 0 Å². The van der Waals surface area contributed by atoms with Crippen molar-refractivity contribution in [1.29, 1.82) is 0 Å². The molecule has 0 bridgehead atoms. The monoisotopic (exact) mass is 362 g/mol. The number of nitrogens with one attached hydrogen (secondary N) is 1. The average Bonchev–Trinajstić information content (AvgIpc) is 3.12. The molecule has 8 heteroatoms. The van der Waals surface area contributed by atoms with E-state index in [9.17, 15) is 0 Å². The Morgan fingerprint density at radius 3 is 2.35 bits per heavy atom. The second-order valence-corrected chi connectivity index (χ2v) is 7.02. The van der Waals surface area contributed by atoms with Crippen molar-refractivity contribution in [3.63, 3.8) is 0 Å². The molecule has 3 rings (SSSR count). The number of rotatable bonds is 7. The largest absolute Gasteiger partial charge is 0.493 e. The number of aromatic nitrogens is 2. The second kappa shape index (κ2) is 7.13. The third-order valence-electron chi connectivity index (χ3n) is 5.23. The summed E-state index contributed by atoms with van der Waals surface area (Å²) in [6.07, 6.45) is 0.945. The Labute approximate surface area is 153 Å². The van der Waals surface area contributed by atoms with Crippen LogP contribution in [0.25, 0.3) is 11.4 Å². The van der Waals surface area contributed by atoms with Gasteiger partial charge in [-0.05, 0) is 24.0 Å². The van der Waals surface area contributed by atoms with Gasteiger partial charge in [-0.15, -0.1) is 0 Å². The summed E-state index contributed by atoms with van der Waals surface area (Å²) in [5.41, 5.74) is 6.84. The topological polar surface area (TPSA) is 105 Å². The number of hydrogen-bond acceptors (Lipinski definition) is 8. The molecule has 1 aliphatic carbocycles. The van der Waals surface area contributed by atoms with Gasteiger partial charge in [-0.1, -0.05) is 19.0 Å². The van der Waals surface area contributed by atoms with Crippen LogP contribution in [-0.2, 0) is 6.54 Å². The molecular formula is C18H26N4O4. The van der Waals surface area contributed by atoms with E-state index in [4.69, 9.17) is 24.5 Å². The first-order valence-electron chi connectivity index (χ1n) is 8.52. The van der Waals surface area contributed by atoms with Gasteiger partial charge >= 0.3 is 0 Å². The van der Waals surface area contributed by atoms with Gasteiger partial charge in [0.2, 0.25) is 17.5 Å². The third kappa shape index (κ3) is 3.22. The number of nitrogens with zero attached hydrogens (tertiary/aromatic N) is 2. The molecule has 142 valence electrons. The molecule has 2 unspecified atom stereocenters. The predicted octanol–water partition coefficient (Wildman–Crippen LogP) is 1.98. The minimum atomic E-state index is 0.0690. The first-order chi connectivity index (χ1) is 12.4. The molecule has 0 aliphatic heterocycles. The molecule has 2 atom stereocenters. The molecule has 8 nitrogen and oxygen atoms in total. The molecule has 0 spiro atoms. The van der Waals surface area contributed by atoms with Crippen LogP contribution in [0.1, 0.15) is 26.2 Å². The van der Waals surface area contributed by atoms with Crippen molar-refractivity contribution >= 4 is 0 Å². The Kier molecular flexibility index (Phi) is 5.06. The van der Waals surface area contributed by atoms with E-state index in [1.54, 1.807) is 33.5 Å². The van der Waals surface area contributed by atoms with Gasteiger partial charge in [0.25, 0.3) is 0 Å². The fraction of sp³-hybridized carbons (Fsp3) is 0.556. The van der Waals surface area contributed by atoms with Crippen molar-refractivity contribution in [3.8, 4) is 28.6 Å². The lowest BCUT2D eigenvalue weighted by Crippen LogP contribution is -2.63. The van der Waals surface area contributed by atoms with E-state index >= 15 is 0 Å². The summed E-state index contributed by atoms with van der Waals surface area (Å²) in [5, 5.41) is 7.50. The third-order valence-corrected chi connectivity index (χ3v) is 5.23. The maximum Gasteiger partial charge on any atom is 0.240 e. The fourth-order valence-corrected chi connectivity index (χ4v) is 3.17. The van der Waals surface area contributed by atoms with Gasteiger partial charge in [0, 0.05) is 17.6 Å². The summed E-state index contributed by atoms with van der Waals surface area (Å²) < 4.78 is 21.4. The van der Waals surface area contributed by atoms with Gasteiger partial charge < -0.3 is 29.8 Å². The number of nitrogens with two attached hydrogens (primary N) is 1. The quantitative estimate of drug-likeness (QED) is 0.770. The summed E-state index contributed by atoms with van der Waals surface area (Å²) in [5.74, 6) is 2.58. The van der Waals surface area contributed by atoms with E-state index in [0.29, 0.717) is 41.6 Å². The molecule has 3 N–H and O–H groups in total. The Balaban J connectivity index is 1.75. The van der Waals surface area contributed by atoms with E-state index in [-0.39, 0.29) is 11.5 Å². The number of ether oxygens (including phenoxy) is 3. The van der Waals surface area contributed by atoms with E-state index < -0.39 is 0 Å². The summed E-state index contributed by atoms with van der Waals surface area (Å²) in [7, 11) is 4.70. The fourth-order valence-electron chi connectivity index (χ4n) is 3.17. The lowest BCUT2D eigenvalue weighted by atomic mass is 9.63. The normalized spacial score (nSPS) is 21.2. The maximum absolute atomic E-state index is 6.05. The zero-order valence-electron chi connectivity index (χ0n) is 15.8. The Morgan fingerprint density at radius 1 is 1.19 bits per heavy atom. The van der Waals surface area contributed by atoms with E-state index in [1.807, 2.05) is 0 Å². The molecule has 0 saturated heterocycles. The molecule has 1 aromatic heterocycles. The predicted molar refractivity (Wildman–Crippen MR) is 96.4 cm³/mol. The first-order valence-corrected chi connectivity index (χ1v) is 8.52. The number of hydrogen-bond donors (Lipinski definition) is 2. The Hall–Kier alpha value is -2.32. The highest BCUT2D eigenvalue weighted by Gasteiger charge is 2.45. The lowest BCUT2D eigenvalue weighted by molar-refractivity contribution is 0.0699. The molecule has 2 aromatic rings. The van der Waals surface area contributed by atoms with Gasteiger partial charge in [-0.2, -0.15) is 4.98 Å². The number of methoxy groups -OCH3 is 3. The van der Waals surface area contributed by atoms with Crippen LogP contribution in [0.5, 0.6) is 17.2 Å². The van der Waals surface area contributed by atoms with E-state index in [1.165, 1.54) is 0 Å². The highest BCUT2D eigenvalue weighted by atomic mass is 16.5. The van der Waals surface area contributed by atoms with Crippen molar-refractivity contribution in [2.45, 2.75) is 38.9 Å². The van der Waals surface area contributed by atoms with Crippen LogP contribution in [0.4, 0.5) is 0 Å². The molecule has 0 amide bonds. The highest BCUT2D eigenvalue weighted by Crippen LogP contribution is 2.41. The molecule has 1 fully saturated rings. The zero-order valence-corrected chi connectivity index (χ0v) is 15.8. The van der Waals surface area contributed by atoms with Crippen molar-refractivity contribution < 1.29 is 18.7 Å². The molecule has 0 radical (unpaired) electrons. The van der Waals surface area contributed by atoms with Crippen LogP contribution in [0, 0.1) is 5.41 Å². The van der Waals surface area contributed by atoms with Gasteiger partial charge in [-0.3, -0.25) is 0 Å². The summed E-state index contributed by atoms with van der Waals surface area (Å²) in [6.45, 7) is 4.82. The van der Waals surface area contributed by atoms with E-state index in [0.717, 1.165) is 12.0 Å². The van der Waals surface area contributed by atoms with Crippen molar-refractivity contribution in [3.05, 3.63) is 18.0 Å². The zero-order chi connectivity index (χ0) is 18.9. The molecule has 1 aliphatic rings. The van der Waals surface area contributed by atoms with Crippen LogP contribution in [0.2, 0.25) is 0 Å². The summed E-state index contributed by atoms with van der Waals surface area (Å²) in [6, 6.07) is 4.14. The van der Waals surface area contributed by atoms with Crippen molar-refractivity contribution in [1.82, 2.24) is 15.5 Å². The van der Waals surface area contributed by atoms with Crippen LogP contribution in [-0.4, -0.2) is 43.6 Å². The standard InChI is InChI=1S/C18H26N4O4/c1-18(2)13(19)8-14(18)20-9-15-21-17(22-26-15)10-6-11(23-3)16(25-5)12(7-10)24-4/h6-7,13-14,20H,8-9,19H2,1-5H3. The second-order valence-electron chi connectivity index (χ2n) is 7.02. The molecule has 1 heterocycles. The molecule has 26 heavy (non-hydrogen) atoms. The first kappa shape index (κ1) is 18.5. The number of benzene rings is 1.